The van der Waals surface area contributed by atoms with Gasteiger partial charge in [-0.1, -0.05) is 13.3 Å². The molecule has 0 heterocycles. The van der Waals surface area contributed by atoms with E-state index in [2.05, 4.69) is 6.92 Å². The highest BCUT2D eigenvalue weighted by atomic mass is 35.8. The van der Waals surface area contributed by atoms with Crippen molar-refractivity contribution in [1.29, 1.82) is 0 Å². The Kier molecular flexibility index (Phi) is 2.06. The van der Waals surface area contributed by atoms with Crippen LogP contribution in [0, 0.1) is 5.41 Å². The molecule has 0 unspecified atom stereocenters. The largest absolute Gasteiger partial charge is 0.347 e. The molecule has 0 saturated heterocycles. The SMILES string of the molecule is CC12CCCC([Si](Cl)(Cl)Cl)(C1)C2. The molecular formula is C8H13Cl3Si. The Labute approximate surface area is 88.7 Å². The van der Waals surface area contributed by atoms with Crippen molar-refractivity contribution in [2.45, 2.75) is 44.1 Å². The highest BCUT2D eigenvalue weighted by molar-refractivity contribution is 7.65. The summed E-state index contributed by atoms with van der Waals surface area (Å²) >= 11 is 18.4. The molecule has 0 aromatic carbocycles. The minimum absolute atomic E-state index is 0.157. The molecule has 0 aromatic rings. The quantitative estimate of drug-likeness (QED) is 0.474. The third-order valence-electron chi connectivity index (χ3n) is 3.57. The molecule has 0 aromatic heterocycles. The van der Waals surface area contributed by atoms with Crippen LogP contribution in [0.4, 0.5) is 0 Å². The molecule has 0 nitrogen and oxygen atoms in total. The molecule has 0 atom stereocenters. The van der Waals surface area contributed by atoms with E-state index in [9.17, 15) is 0 Å². The zero-order valence-corrected chi connectivity index (χ0v) is 10.4. The van der Waals surface area contributed by atoms with Crippen LogP contribution < -0.4 is 0 Å². The first-order valence-corrected chi connectivity index (χ1v) is 9.47. The topological polar surface area (TPSA) is 0 Å². The van der Waals surface area contributed by atoms with E-state index >= 15 is 0 Å². The van der Waals surface area contributed by atoms with E-state index in [0.717, 1.165) is 6.42 Å². The summed E-state index contributed by atoms with van der Waals surface area (Å²) in [5.74, 6) is 0. The lowest BCUT2D eigenvalue weighted by molar-refractivity contribution is 0.0255. The van der Waals surface area contributed by atoms with Crippen molar-refractivity contribution < 1.29 is 0 Å². The van der Waals surface area contributed by atoms with Crippen molar-refractivity contribution in [2.75, 3.05) is 0 Å². The molecule has 0 radical (unpaired) electrons. The van der Waals surface area contributed by atoms with Gasteiger partial charge in [-0.05, 0) is 31.1 Å². The van der Waals surface area contributed by atoms with Gasteiger partial charge in [0.2, 0.25) is 0 Å². The number of halogens is 3. The van der Waals surface area contributed by atoms with Crippen LogP contribution in [0.2, 0.25) is 5.04 Å². The van der Waals surface area contributed by atoms with E-state index < -0.39 is 6.00 Å². The number of hydrogen-bond donors (Lipinski definition) is 0. The van der Waals surface area contributed by atoms with Crippen LogP contribution >= 0.6 is 33.2 Å². The Hall–Kier alpha value is 1.09. The Morgan fingerprint density at radius 1 is 1.08 bits per heavy atom. The highest BCUT2D eigenvalue weighted by Gasteiger charge is 2.64. The van der Waals surface area contributed by atoms with Gasteiger partial charge in [-0.15, -0.1) is 33.2 Å². The molecule has 3 aliphatic carbocycles. The minimum Gasteiger partial charge on any atom is -0.125 e. The van der Waals surface area contributed by atoms with Gasteiger partial charge in [0, 0.05) is 5.04 Å². The zero-order valence-electron chi connectivity index (χ0n) is 7.17. The van der Waals surface area contributed by atoms with Gasteiger partial charge >= 0.3 is 6.00 Å². The summed E-state index contributed by atoms with van der Waals surface area (Å²) in [6.45, 7) is 2.33. The van der Waals surface area contributed by atoms with Crippen molar-refractivity contribution in [2.24, 2.45) is 5.41 Å². The van der Waals surface area contributed by atoms with E-state index in [0.29, 0.717) is 5.41 Å². The Morgan fingerprint density at radius 2 is 1.67 bits per heavy atom. The highest BCUT2D eigenvalue weighted by Crippen LogP contribution is 2.74. The molecule has 3 rings (SSSR count). The molecule has 0 N–H and O–H groups in total. The lowest BCUT2D eigenvalue weighted by Crippen LogP contribution is -2.52. The smallest absolute Gasteiger partial charge is 0.125 e. The summed E-state index contributed by atoms with van der Waals surface area (Å²) in [7, 11) is 0. The normalized spacial score (nSPS) is 47.0. The zero-order chi connectivity index (χ0) is 9.04. The predicted octanol–water partition coefficient (Wildman–Crippen LogP) is 4.37. The van der Waals surface area contributed by atoms with E-state index in [1.165, 1.54) is 25.7 Å². The molecule has 0 spiro atoms. The van der Waals surface area contributed by atoms with Gasteiger partial charge in [-0.2, -0.15) is 0 Å². The average molecular weight is 244 g/mol. The van der Waals surface area contributed by atoms with E-state index in [1.807, 2.05) is 0 Å². The molecule has 2 bridgehead atoms. The third kappa shape index (κ3) is 1.25. The molecule has 0 aliphatic heterocycles. The van der Waals surface area contributed by atoms with E-state index in [4.69, 9.17) is 33.2 Å². The van der Waals surface area contributed by atoms with Crippen molar-refractivity contribution in [3.8, 4) is 0 Å². The van der Waals surface area contributed by atoms with Crippen LogP contribution in [0.25, 0.3) is 0 Å². The summed E-state index contributed by atoms with van der Waals surface area (Å²) in [4.78, 5) is 0. The van der Waals surface area contributed by atoms with Gasteiger partial charge in [-0.3, -0.25) is 0 Å². The monoisotopic (exact) mass is 242 g/mol. The van der Waals surface area contributed by atoms with Crippen LogP contribution in [-0.2, 0) is 0 Å². The lowest BCUT2D eigenvalue weighted by atomic mass is 9.54. The van der Waals surface area contributed by atoms with E-state index in [-0.39, 0.29) is 5.04 Å². The molecule has 3 aliphatic rings. The van der Waals surface area contributed by atoms with Gasteiger partial charge in [-0.25, -0.2) is 0 Å². The van der Waals surface area contributed by atoms with Crippen molar-refractivity contribution in [1.82, 2.24) is 0 Å². The number of rotatable bonds is 1. The maximum Gasteiger partial charge on any atom is 0.347 e. The predicted molar refractivity (Wildman–Crippen MR) is 57.2 cm³/mol. The second kappa shape index (κ2) is 2.56. The first kappa shape index (κ1) is 9.63. The van der Waals surface area contributed by atoms with Crippen molar-refractivity contribution in [3.63, 3.8) is 0 Å². The molecule has 0 amide bonds. The first-order valence-electron chi connectivity index (χ1n) is 4.44. The fourth-order valence-electron chi connectivity index (χ4n) is 3.13. The molecule has 3 saturated carbocycles. The van der Waals surface area contributed by atoms with Crippen LogP contribution in [0.5, 0.6) is 0 Å². The molecular weight excluding hydrogens is 231 g/mol. The molecule has 12 heavy (non-hydrogen) atoms. The van der Waals surface area contributed by atoms with Gasteiger partial charge in [0.05, 0.1) is 0 Å². The molecule has 70 valence electrons. The summed E-state index contributed by atoms with van der Waals surface area (Å²) in [6, 6.07) is -2.44. The van der Waals surface area contributed by atoms with Crippen LogP contribution in [-0.4, -0.2) is 6.00 Å². The third-order valence-corrected chi connectivity index (χ3v) is 8.98. The van der Waals surface area contributed by atoms with Gasteiger partial charge < -0.3 is 0 Å². The summed E-state index contributed by atoms with van der Waals surface area (Å²) in [5.41, 5.74) is 0.523. The summed E-state index contributed by atoms with van der Waals surface area (Å²) in [5, 5.41) is 0.157. The maximum atomic E-state index is 6.12. The number of hydrogen-bond acceptors (Lipinski definition) is 0. The second-order valence-electron chi connectivity index (χ2n) is 4.80. The Morgan fingerprint density at radius 3 is 2.00 bits per heavy atom. The second-order valence-corrected chi connectivity index (χ2v) is 13.7. The minimum atomic E-state index is -2.44. The summed E-state index contributed by atoms with van der Waals surface area (Å²) in [6.07, 6.45) is 6.10. The number of fused-ring (bicyclic) bond motifs is 2. The Bertz CT molecular complexity index is 203. The molecule has 3 fully saturated rings. The lowest BCUT2D eigenvalue weighted by Gasteiger charge is -2.61. The first-order chi connectivity index (χ1) is 5.37. The van der Waals surface area contributed by atoms with E-state index in [1.54, 1.807) is 0 Å². The average Bonchev–Trinajstić information content (AvgIpc) is 1.82. The van der Waals surface area contributed by atoms with Crippen LogP contribution in [0.1, 0.15) is 39.0 Å². The Balaban J connectivity index is 2.17. The molecule has 4 heteroatoms. The van der Waals surface area contributed by atoms with Gasteiger partial charge in [0.25, 0.3) is 0 Å². The summed E-state index contributed by atoms with van der Waals surface area (Å²) < 4.78 is 0. The van der Waals surface area contributed by atoms with Gasteiger partial charge in [0.1, 0.15) is 0 Å². The standard InChI is InChI=1S/C8H13Cl3Si/c1-7-3-2-4-8(5-7,6-7)12(9,10)11/h2-6H2,1H3. The van der Waals surface area contributed by atoms with Crippen molar-refractivity contribution >= 4 is 39.2 Å². The maximum absolute atomic E-state index is 6.12. The van der Waals surface area contributed by atoms with Crippen molar-refractivity contribution in [3.05, 3.63) is 0 Å². The fraction of sp³-hybridized carbons (Fsp3) is 1.00. The van der Waals surface area contributed by atoms with Gasteiger partial charge in [0.15, 0.2) is 0 Å². The van der Waals surface area contributed by atoms with Crippen LogP contribution in [0.15, 0.2) is 0 Å². The van der Waals surface area contributed by atoms with Crippen LogP contribution in [0.3, 0.4) is 0 Å². The fourth-order valence-corrected chi connectivity index (χ4v) is 6.90.